The van der Waals surface area contributed by atoms with E-state index in [1.807, 2.05) is 12.2 Å². The second-order valence-corrected chi connectivity index (χ2v) is 5.78. The summed E-state index contributed by atoms with van der Waals surface area (Å²) in [5, 5.41) is 2.96. The molecule has 0 saturated carbocycles. The number of aliphatic imine (C=N–C) groups is 1. The van der Waals surface area contributed by atoms with E-state index in [-0.39, 0.29) is 17.7 Å². The van der Waals surface area contributed by atoms with Gasteiger partial charge in [0.25, 0.3) is 5.91 Å². The van der Waals surface area contributed by atoms with E-state index in [1.165, 1.54) is 5.57 Å². The van der Waals surface area contributed by atoms with Crippen LogP contribution < -0.4 is 5.32 Å². The minimum atomic E-state index is -0.0882. The van der Waals surface area contributed by atoms with Gasteiger partial charge in [-0.25, -0.2) is 4.99 Å². The molecule has 1 N–H and O–H groups in total. The van der Waals surface area contributed by atoms with Crippen molar-refractivity contribution in [2.45, 2.75) is 45.4 Å². The molecule has 0 aromatic carbocycles. The molecule has 0 spiro atoms. The van der Waals surface area contributed by atoms with Gasteiger partial charge in [0.1, 0.15) is 0 Å². The number of amides is 2. The summed E-state index contributed by atoms with van der Waals surface area (Å²) >= 11 is 0. The molecule has 0 radical (unpaired) electrons. The molecule has 0 saturated heterocycles. The lowest BCUT2D eigenvalue weighted by Crippen LogP contribution is -2.35. The van der Waals surface area contributed by atoms with E-state index in [0.29, 0.717) is 12.1 Å². The van der Waals surface area contributed by atoms with Crippen molar-refractivity contribution in [3.8, 4) is 0 Å². The molecule has 0 aromatic rings. The van der Waals surface area contributed by atoms with Crippen LogP contribution >= 0.6 is 0 Å². The molecule has 0 bridgehead atoms. The van der Waals surface area contributed by atoms with Crippen LogP contribution in [0.25, 0.3) is 0 Å². The highest BCUT2D eigenvalue weighted by molar-refractivity contribution is 6.11. The molecule has 21 heavy (non-hydrogen) atoms. The Morgan fingerprint density at radius 1 is 1.43 bits per heavy atom. The topological polar surface area (TPSA) is 58.5 Å². The van der Waals surface area contributed by atoms with Crippen LogP contribution in [-0.4, -0.2) is 17.5 Å². The zero-order valence-electron chi connectivity index (χ0n) is 12.3. The molecule has 110 valence electrons. The van der Waals surface area contributed by atoms with Gasteiger partial charge in [0.15, 0.2) is 0 Å². The summed E-state index contributed by atoms with van der Waals surface area (Å²) in [6.45, 7) is 2.05. The molecule has 4 heteroatoms. The summed E-state index contributed by atoms with van der Waals surface area (Å²) in [7, 11) is 0. The Morgan fingerprint density at radius 3 is 3.10 bits per heavy atom. The highest BCUT2D eigenvalue weighted by Crippen LogP contribution is 2.39. The Hall–Kier alpha value is -1.97. The lowest BCUT2D eigenvalue weighted by atomic mass is 9.85. The van der Waals surface area contributed by atoms with Gasteiger partial charge in [0.05, 0.1) is 5.71 Å². The van der Waals surface area contributed by atoms with Crippen molar-refractivity contribution in [1.82, 2.24) is 5.32 Å². The van der Waals surface area contributed by atoms with E-state index in [0.717, 1.165) is 43.4 Å². The van der Waals surface area contributed by atoms with E-state index in [2.05, 4.69) is 23.3 Å². The molecule has 1 heterocycles. The third-order valence-electron chi connectivity index (χ3n) is 4.26. The summed E-state index contributed by atoms with van der Waals surface area (Å²) < 4.78 is 0. The molecule has 2 aliphatic carbocycles. The number of hydrogen-bond acceptors (Lipinski definition) is 2. The maximum atomic E-state index is 12.1. The number of nitrogens with zero attached hydrogens (tertiary/aromatic N) is 1. The lowest BCUT2D eigenvalue weighted by Gasteiger charge is -2.28. The summed E-state index contributed by atoms with van der Waals surface area (Å²) in [6, 6.07) is 0. The molecular formula is C17H20N2O2. The molecule has 4 nitrogen and oxygen atoms in total. The predicted molar refractivity (Wildman–Crippen MR) is 81.7 cm³/mol. The summed E-state index contributed by atoms with van der Waals surface area (Å²) in [6.07, 6.45) is 11.1. The summed E-state index contributed by atoms with van der Waals surface area (Å²) in [5.41, 5.74) is 3.72. The fourth-order valence-corrected chi connectivity index (χ4v) is 3.19. The van der Waals surface area contributed by atoms with Gasteiger partial charge in [-0.2, -0.15) is 0 Å². The van der Waals surface area contributed by atoms with Crippen molar-refractivity contribution in [2.24, 2.45) is 10.9 Å². The van der Waals surface area contributed by atoms with Crippen molar-refractivity contribution in [3.05, 3.63) is 35.1 Å². The number of nitrogens with one attached hydrogen (secondary N) is 1. The highest BCUT2D eigenvalue weighted by Gasteiger charge is 2.34. The average molecular weight is 284 g/mol. The molecule has 3 aliphatic rings. The summed E-state index contributed by atoms with van der Waals surface area (Å²) in [4.78, 5) is 27.9. The summed E-state index contributed by atoms with van der Waals surface area (Å²) in [5.74, 6) is 0.108. The van der Waals surface area contributed by atoms with Crippen LogP contribution in [0, 0.1) is 5.92 Å². The van der Waals surface area contributed by atoms with Crippen LogP contribution in [0.4, 0.5) is 0 Å². The van der Waals surface area contributed by atoms with Gasteiger partial charge in [-0.3, -0.25) is 9.59 Å². The van der Waals surface area contributed by atoms with Gasteiger partial charge in [0, 0.05) is 23.6 Å². The van der Waals surface area contributed by atoms with Gasteiger partial charge < -0.3 is 5.32 Å². The minimum absolute atomic E-state index is 0.0250. The Balaban J connectivity index is 1.81. The number of carbonyl (C=O) groups is 2. The van der Waals surface area contributed by atoms with Crippen LogP contribution in [0.1, 0.15) is 45.4 Å². The molecule has 0 fully saturated rings. The van der Waals surface area contributed by atoms with Crippen LogP contribution in [0.15, 0.2) is 40.1 Å². The number of hydrogen-bond donors (Lipinski definition) is 1. The lowest BCUT2D eigenvalue weighted by molar-refractivity contribution is -0.118. The Morgan fingerprint density at radius 2 is 2.29 bits per heavy atom. The standard InChI is InChI=1S/C17H20N2O2/c1-2-3-7-16(20)18-11-8-9-13-12-5-4-6-14(12)17(21)19-15(13)10-11/h8-10,13H,2-7H2,1H3,(H,19,21). The van der Waals surface area contributed by atoms with Crippen LogP contribution in [-0.2, 0) is 9.59 Å². The zero-order chi connectivity index (χ0) is 14.8. The van der Waals surface area contributed by atoms with Gasteiger partial charge in [-0.1, -0.05) is 19.4 Å². The first-order valence-electron chi connectivity index (χ1n) is 7.73. The number of rotatable bonds is 3. The zero-order valence-corrected chi connectivity index (χ0v) is 12.3. The maximum absolute atomic E-state index is 12.1. The Labute approximate surface area is 124 Å². The van der Waals surface area contributed by atoms with E-state index in [4.69, 9.17) is 0 Å². The number of carbonyl (C=O) groups excluding carboxylic acids is 2. The number of fused-ring (bicyclic) bond motifs is 2. The normalized spacial score (nSPS) is 25.6. The van der Waals surface area contributed by atoms with E-state index in [9.17, 15) is 9.59 Å². The SMILES string of the molecule is CCCCC(=O)N=C1C=CC2C(=C1)NC(=O)C1=C2CCC1. The van der Waals surface area contributed by atoms with Crippen LogP contribution in [0.5, 0.6) is 0 Å². The molecule has 0 aromatic heterocycles. The molecular weight excluding hydrogens is 264 g/mol. The number of unbranched alkanes of at least 4 members (excludes halogenated alkanes) is 1. The first kappa shape index (κ1) is 14.0. The predicted octanol–water partition coefficient (Wildman–Crippen LogP) is 2.82. The van der Waals surface area contributed by atoms with Crippen molar-refractivity contribution >= 4 is 17.5 Å². The second-order valence-electron chi connectivity index (χ2n) is 5.78. The number of allylic oxidation sites excluding steroid dienone is 3. The third-order valence-corrected chi connectivity index (χ3v) is 4.26. The minimum Gasteiger partial charge on any atom is -0.325 e. The van der Waals surface area contributed by atoms with Crippen molar-refractivity contribution in [1.29, 1.82) is 0 Å². The quantitative estimate of drug-likeness (QED) is 0.866. The van der Waals surface area contributed by atoms with E-state index >= 15 is 0 Å². The van der Waals surface area contributed by atoms with Crippen LogP contribution in [0.3, 0.4) is 0 Å². The highest BCUT2D eigenvalue weighted by atomic mass is 16.2. The Kier molecular flexibility index (Phi) is 3.86. The molecule has 3 rings (SSSR count). The largest absolute Gasteiger partial charge is 0.325 e. The second kappa shape index (κ2) is 5.80. The fourth-order valence-electron chi connectivity index (χ4n) is 3.19. The first-order valence-corrected chi connectivity index (χ1v) is 7.73. The van der Waals surface area contributed by atoms with Gasteiger partial charge in [-0.05, 0) is 43.4 Å². The first-order chi connectivity index (χ1) is 10.2. The average Bonchev–Trinajstić information content (AvgIpc) is 2.95. The Bertz CT molecular complexity index is 608. The van der Waals surface area contributed by atoms with E-state index < -0.39 is 0 Å². The fraction of sp³-hybridized carbons (Fsp3) is 0.471. The van der Waals surface area contributed by atoms with Crippen molar-refractivity contribution < 1.29 is 9.59 Å². The maximum Gasteiger partial charge on any atom is 0.251 e. The monoisotopic (exact) mass is 284 g/mol. The molecule has 1 atom stereocenters. The van der Waals surface area contributed by atoms with Gasteiger partial charge in [-0.15, -0.1) is 0 Å². The van der Waals surface area contributed by atoms with Crippen molar-refractivity contribution in [2.75, 3.05) is 0 Å². The molecule has 1 aliphatic heterocycles. The molecule has 1 unspecified atom stereocenters. The molecule has 2 amide bonds. The van der Waals surface area contributed by atoms with Gasteiger partial charge in [0.2, 0.25) is 5.91 Å². The smallest absolute Gasteiger partial charge is 0.251 e. The van der Waals surface area contributed by atoms with Gasteiger partial charge >= 0.3 is 0 Å². The van der Waals surface area contributed by atoms with E-state index in [1.54, 1.807) is 0 Å². The third kappa shape index (κ3) is 2.75. The van der Waals surface area contributed by atoms with Crippen molar-refractivity contribution in [3.63, 3.8) is 0 Å². The van der Waals surface area contributed by atoms with Crippen LogP contribution in [0.2, 0.25) is 0 Å².